The summed E-state index contributed by atoms with van der Waals surface area (Å²) < 4.78 is 24.2. The lowest BCUT2D eigenvalue weighted by Gasteiger charge is -2.20. The molecule has 0 aliphatic carbocycles. The van der Waals surface area contributed by atoms with Gasteiger partial charge >= 0.3 is 0 Å². The molecule has 0 bridgehead atoms. The Balaban J connectivity index is 0.000000386. The van der Waals surface area contributed by atoms with E-state index >= 15 is 0 Å². The third-order valence-electron chi connectivity index (χ3n) is 1.82. The van der Waals surface area contributed by atoms with Crippen molar-refractivity contribution in [2.24, 2.45) is 0 Å². The third-order valence-corrected chi connectivity index (χ3v) is 3.03. The number of nitrogens with one attached hydrogen (secondary N) is 1. The fraction of sp³-hybridized carbons (Fsp3) is 0.200. The Morgan fingerprint density at radius 3 is 2.75 bits per heavy atom. The summed E-state index contributed by atoms with van der Waals surface area (Å²) in [5.41, 5.74) is 1.05. The Bertz CT molecular complexity index is 483. The van der Waals surface area contributed by atoms with Gasteiger partial charge in [0, 0.05) is 11.8 Å². The highest BCUT2D eigenvalue weighted by Crippen LogP contribution is 2.25. The zero-order chi connectivity index (χ0) is 12.2. The van der Waals surface area contributed by atoms with Gasteiger partial charge in [0.2, 0.25) is 0 Å². The summed E-state index contributed by atoms with van der Waals surface area (Å²) in [5.74, 6) is 4.04. The molecule has 1 aliphatic heterocycles. The summed E-state index contributed by atoms with van der Waals surface area (Å²) in [5, 5.41) is 7.63. The number of benzene rings is 1. The lowest BCUT2D eigenvalue weighted by atomic mass is 10.1. The van der Waals surface area contributed by atoms with E-state index in [4.69, 9.17) is 14.1 Å². The molecule has 1 aliphatic rings. The monoisotopic (exact) mass is 259 g/mol. The quantitative estimate of drug-likeness (QED) is 0.551. The van der Waals surface area contributed by atoms with E-state index in [9.17, 15) is 4.21 Å². The molecule has 2 N–H and O–H groups in total. The van der Waals surface area contributed by atoms with Crippen LogP contribution in [0, 0.1) is 5.41 Å². The van der Waals surface area contributed by atoms with Crippen LogP contribution in [-0.4, -0.2) is 32.4 Å². The number of rotatable bonds is 0. The molecule has 1 aromatic rings. The topological polar surface area (TPSA) is 70.4 Å². The molecule has 16 heavy (non-hydrogen) atoms. The van der Waals surface area contributed by atoms with Gasteiger partial charge in [0.1, 0.15) is 15.6 Å². The average Bonchev–Trinajstić information content (AvgIpc) is 2.17. The minimum Gasteiger partial charge on any atom is -0.408 e. The predicted octanol–water partition coefficient (Wildman–Crippen LogP) is 1.90. The molecule has 4 nitrogen and oxygen atoms in total. The van der Waals surface area contributed by atoms with Gasteiger partial charge in [0.05, 0.1) is 11.5 Å². The van der Waals surface area contributed by atoms with Crippen molar-refractivity contribution in [2.45, 2.75) is 0 Å². The minimum atomic E-state index is -2.57. The second-order valence-corrected chi connectivity index (χ2v) is 5.44. The Morgan fingerprint density at radius 2 is 2.12 bits per heavy atom. The maximum atomic E-state index is 11.5. The highest BCUT2D eigenvalue weighted by atomic mass is 32.2. The third kappa shape index (κ3) is 3.26. The van der Waals surface area contributed by atoms with Crippen molar-refractivity contribution in [2.75, 3.05) is 12.0 Å². The van der Waals surface area contributed by atoms with Crippen LogP contribution in [0.3, 0.4) is 0 Å². The molecule has 0 saturated carbocycles. The minimum absolute atomic E-state index is 0.101. The van der Waals surface area contributed by atoms with Crippen molar-refractivity contribution < 1.29 is 12.9 Å². The van der Waals surface area contributed by atoms with Crippen LogP contribution in [0.1, 0.15) is 5.56 Å². The number of fused-ring (bicyclic) bond motifs is 1. The molecule has 6 heteroatoms. The second kappa shape index (κ2) is 5.38. The number of hydrogen-bond donors (Lipinski definition) is 2. The van der Waals surface area contributed by atoms with Crippen molar-refractivity contribution in [3.05, 3.63) is 29.8 Å². The van der Waals surface area contributed by atoms with Gasteiger partial charge in [-0.1, -0.05) is 12.1 Å². The number of hydrogen-bond acceptors (Lipinski definition) is 5. The Kier molecular flexibility index (Phi) is 4.40. The maximum absolute atomic E-state index is 11.5. The van der Waals surface area contributed by atoms with Crippen LogP contribution >= 0.6 is 12.0 Å². The molecule has 0 spiro atoms. The number of para-hydroxylation sites is 1. The molecule has 2 rings (SSSR count). The molecule has 1 unspecified atom stereocenters. The second-order valence-electron chi connectivity index (χ2n) is 3.13. The summed E-state index contributed by atoms with van der Waals surface area (Å²) >= 11 is 0.750. The van der Waals surface area contributed by atoms with Gasteiger partial charge in [-0.2, -0.15) is 0 Å². The summed E-state index contributed by atoms with van der Waals surface area (Å²) in [6, 6.07) is 7.10. The largest absolute Gasteiger partial charge is 0.408 e. The lowest BCUT2D eigenvalue weighted by Crippen LogP contribution is -2.26. The van der Waals surface area contributed by atoms with Crippen LogP contribution in [0.15, 0.2) is 24.3 Å². The Labute approximate surface area is 99.6 Å². The van der Waals surface area contributed by atoms with Gasteiger partial charge in [0.15, 0.2) is 0 Å². The van der Waals surface area contributed by atoms with E-state index < -0.39 is 9.80 Å². The van der Waals surface area contributed by atoms with E-state index in [1.807, 2.05) is 6.07 Å². The normalized spacial score (nSPS) is 22.5. The fourth-order valence-electron chi connectivity index (χ4n) is 1.28. The van der Waals surface area contributed by atoms with Crippen LogP contribution < -0.4 is 4.18 Å². The standard InChI is InChI=1S/C9H9NO2S.CH4OS/c1-13(11)6-8(10)7-4-2-3-5-9(7)12-13;1-3-2/h2-5,10H,1,6H2;2H,1H3. The first-order valence-corrected chi connectivity index (χ1v) is 7.39. The van der Waals surface area contributed by atoms with E-state index in [1.165, 1.54) is 0 Å². The van der Waals surface area contributed by atoms with Gasteiger partial charge in [0.25, 0.3) is 0 Å². The van der Waals surface area contributed by atoms with Crippen molar-refractivity contribution in [3.63, 3.8) is 0 Å². The van der Waals surface area contributed by atoms with Crippen molar-refractivity contribution in [1.29, 1.82) is 5.41 Å². The first-order valence-electron chi connectivity index (χ1n) is 4.39. The van der Waals surface area contributed by atoms with E-state index in [1.54, 1.807) is 24.5 Å². The maximum Gasteiger partial charge on any atom is 0.148 e. The highest BCUT2D eigenvalue weighted by molar-refractivity contribution is 7.97. The van der Waals surface area contributed by atoms with Crippen LogP contribution in [0.25, 0.3) is 0 Å². The molecular formula is C10H13NO3S2. The molecule has 88 valence electrons. The first-order chi connectivity index (χ1) is 7.50. The van der Waals surface area contributed by atoms with Crippen molar-refractivity contribution >= 4 is 33.4 Å². The van der Waals surface area contributed by atoms with E-state index in [2.05, 4.69) is 5.87 Å². The van der Waals surface area contributed by atoms with Gasteiger partial charge in [-0.25, -0.2) is 4.21 Å². The average molecular weight is 259 g/mol. The molecule has 1 atom stereocenters. The van der Waals surface area contributed by atoms with Gasteiger partial charge < -0.3 is 14.1 Å². The van der Waals surface area contributed by atoms with Crippen LogP contribution in [0.5, 0.6) is 5.75 Å². The van der Waals surface area contributed by atoms with E-state index in [-0.39, 0.29) is 5.75 Å². The molecule has 0 aromatic heterocycles. The predicted molar refractivity (Wildman–Crippen MR) is 70.2 cm³/mol. The highest BCUT2D eigenvalue weighted by Gasteiger charge is 2.21. The Hall–Kier alpha value is -0.980. The van der Waals surface area contributed by atoms with Crippen LogP contribution in [0.2, 0.25) is 0 Å². The summed E-state index contributed by atoms with van der Waals surface area (Å²) in [4.78, 5) is 0. The van der Waals surface area contributed by atoms with Gasteiger partial charge in [-0.3, -0.25) is 0 Å². The molecule has 0 amide bonds. The molecule has 0 saturated heterocycles. The Morgan fingerprint density at radius 1 is 1.56 bits per heavy atom. The first kappa shape index (κ1) is 13.1. The fourth-order valence-corrected chi connectivity index (χ4v) is 2.41. The SMILES string of the molecule is C=S1(=O)CC(=N)c2ccccc2O1.CSO. The molecule has 1 aromatic carbocycles. The summed E-state index contributed by atoms with van der Waals surface area (Å²) in [7, 11) is -2.57. The van der Waals surface area contributed by atoms with Crippen molar-refractivity contribution in [3.8, 4) is 5.75 Å². The zero-order valence-corrected chi connectivity index (χ0v) is 10.4. The van der Waals surface area contributed by atoms with Crippen LogP contribution in [0.4, 0.5) is 0 Å². The van der Waals surface area contributed by atoms with E-state index in [0.29, 0.717) is 17.0 Å². The zero-order valence-electron chi connectivity index (χ0n) is 8.80. The van der Waals surface area contributed by atoms with Crippen LogP contribution in [-0.2, 0) is 9.80 Å². The molecule has 0 fully saturated rings. The van der Waals surface area contributed by atoms with Gasteiger partial charge in [-0.15, -0.1) is 0 Å². The van der Waals surface area contributed by atoms with E-state index in [0.717, 1.165) is 12.0 Å². The smallest absolute Gasteiger partial charge is 0.148 e. The summed E-state index contributed by atoms with van der Waals surface area (Å²) in [6.45, 7) is 0. The molecule has 1 heterocycles. The summed E-state index contributed by atoms with van der Waals surface area (Å²) in [6.07, 6.45) is 1.60. The van der Waals surface area contributed by atoms with Crippen molar-refractivity contribution in [1.82, 2.24) is 0 Å². The molecule has 0 radical (unpaired) electrons. The van der Waals surface area contributed by atoms with Gasteiger partial charge in [-0.05, 0) is 30.0 Å². The molecular weight excluding hydrogens is 246 g/mol. The lowest BCUT2D eigenvalue weighted by molar-refractivity contribution is 0.557.